The molecule has 0 aromatic carbocycles. The van der Waals surface area contributed by atoms with Crippen molar-refractivity contribution in [1.29, 1.82) is 0 Å². The number of esters is 1. The molecule has 4 heteroatoms. The number of ether oxygens (including phenoxy) is 1. The molecule has 1 N–H and O–H groups in total. The molecule has 0 saturated heterocycles. The third-order valence-corrected chi connectivity index (χ3v) is 1.38. The zero-order valence-corrected chi connectivity index (χ0v) is 7.26. The Balaban J connectivity index is 2.96. The normalized spacial score (nSPS) is 9.40. The molecule has 0 atom stereocenters. The maximum Gasteiger partial charge on any atom is 0.316 e. The Bertz CT molecular complexity index is 95.0. The number of carbonyl (C=O) groups is 1. The highest BCUT2D eigenvalue weighted by molar-refractivity contribution is 9.09. The second kappa shape index (κ2) is 7.02. The average molecular weight is 211 g/mol. The Kier molecular flexibility index (Phi) is 6.96. The monoisotopic (exact) mass is 210 g/mol. The molecule has 0 aliphatic heterocycles. The van der Waals surface area contributed by atoms with Crippen LogP contribution in [0.1, 0.15) is 12.8 Å². The number of halogens is 1. The first-order chi connectivity index (χ1) is 4.81. The molecule has 0 rings (SSSR count). The molecule has 10 heavy (non-hydrogen) atoms. The van der Waals surface area contributed by atoms with Crippen LogP contribution < -0.4 is 0 Å². The summed E-state index contributed by atoms with van der Waals surface area (Å²) in [4.78, 5) is 10.4. The summed E-state index contributed by atoms with van der Waals surface area (Å²) in [5.74, 6) is -0.252. The number of rotatable bonds is 5. The van der Waals surface area contributed by atoms with Crippen LogP contribution in [0.15, 0.2) is 0 Å². The molecule has 60 valence electrons. The minimum atomic E-state index is -0.252. The summed E-state index contributed by atoms with van der Waals surface area (Å²) in [5.41, 5.74) is 0. The van der Waals surface area contributed by atoms with Crippen LogP contribution >= 0.6 is 15.9 Å². The highest BCUT2D eigenvalue weighted by atomic mass is 79.9. The summed E-state index contributed by atoms with van der Waals surface area (Å²) < 4.78 is 4.70. The minimum absolute atomic E-state index is 0.159. The molecule has 0 aromatic rings. The molecule has 0 aliphatic rings. The van der Waals surface area contributed by atoms with Gasteiger partial charge in [0.15, 0.2) is 0 Å². The summed E-state index contributed by atoms with van der Waals surface area (Å²) in [7, 11) is 0. The lowest BCUT2D eigenvalue weighted by atomic mass is 10.3. The molecule has 0 aliphatic carbocycles. The highest BCUT2D eigenvalue weighted by Gasteiger charge is 1.96. The van der Waals surface area contributed by atoms with Gasteiger partial charge in [-0.25, -0.2) is 0 Å². The minimum Gasteiger partial charge on any atom is -0.465 e. The molecule has 0 unspecified atom stereocenters. The first-order valence-electron chi connectivity index (χ1n) is 3.13. The molecular formula is C6H11BrO3. The standard InChI is InChI=1S/C6H11BrO3/c7-5-6(9)10-4-2-1-3-8/h8H,1-5H2. The second-order valence-electron chi connectivity index (χ2n) is 1.78. The van der Waals surface area contributed by atoms with Crippen molar-refractivity contribution in [1.82, 2.24) is 0 Å². The Labute approximate surface area is 68.5 Å². The quantitative estimate of drug-likeness (QED) is 0.413. The molecule has 3 nitrogen and oxygen atoms in total. The molecule has 0 amide bonds. The van der Waals surface area contributed by atoms with E-state index in [2.05, 4.69) is 15.9 Å². The second-order valence-corrected chi connectivity index (χ2v) is 2.35. The van der Waals surface area contributed by atoms with Crippen LogP contribution in [-0.4, -0.2) is 29.6 Å². The van der Waals surface area contributed by atoms with Crippen LogP contribution in [0.4, 0.5) is 0 Å². The molecule has 0 fully saturated rings. The summed E-state index contributed by atoms with van der Waals surface area (Å²) >= 11 is 2.96. The molecule has 0 aromatic heterocycles. The van der Waals surface area contributed by atoms with Gasteiger partial charge in [-0.05, 0) is 12.8 Å². The van der Waals surface area contributed by atoms with Crippen LogP contribution in [0, 0.1) is 0 Å². The molecule has 0 bridgehead atoms. The van der Waals surface area contributed by atoms with Crippen LogP contribution in [0.25, 0.3) is 0 Å². The van der Waals surface area contributed by atoms with Gasteiger partial charge in [-0.1, -0.05) is 15.9 Å². The van der Waals surface area contributed by atoms with Crippen molar-refractivity contribution < 1.29 is 14.6 Å². The fourth-order valence-corrected chi connectivity index (χ4v) is 0.600. The molecule has 0 radical (unpaired) electrons. The first kappa shape index (κ1) is 9.91. The van der Waals surface area contributed by atoms with E-state index in [0.29, 0.717) is 13.0 Å². The largest absolute Gasteiger partial charge is 0.465 e. The lowest BCUT2D eigenvalue weighted by Crippen LogP contribution is -2.06. The third-order valence-electron chi connectivity index (χ3n) is 0.925. The van der Waals surface area contributed by atoms with Crippen LogP contribution in [0.2, 0.25) is 0 Å². The van der Waals surface area contributed by atoms with E-state index < -0.39 is 0 Å². The third kappa shape index (κ3) is 6.04. The number of hydrogen-bond donors (Lipinski definition) is 1. The number of carbonyl (C=O) groups excluding carboxylic acids is 1. The lowest BCUT2D eigenvalue weighted by Gasteiger charge is -1.99. The Morgan fingerprint density at radius 2 is 2.20 bits per heavy atom. The molecule has 0 saturated carbocycles. The van der Waals surface area contributed by atoms with Crippen molar-refractivity contribution in [3.63, 3.8) is 0 Å². The zero-order valence-electron chi connectivity index (χ0n) is 5.68. The van der Waals surface area contributed by atoms with Gasteiger partial charge in [0.2, 0.25) is 0 Å². The van der Waals surface area contributed by atoms with Gasteiger partial charge in [0, 0.05) is 6.61 Å². The molecule has 0 heterocycles. The van der Waals surface area contributed by atoms with E-state index in [9.17, 15) is 4.79 Å². The number of alkyl halides is 1. The zero-order chi connectivity index (χ0) is 7.82. The van der Waals surface area contributed by atoms with E-state index in [1.807, 2.05) is 0 Å². The molecular weight excluding hydrogens is 200 g/mol. The van der Waals surface area contributed by atoms with E-state index >= 15 is 0 Å². The van der Waals surface area contributed by atoms with Crippen molar-refractivity contribution in [2.24, 2.45) is 0 Å². The van der Waals surface area contributed by atoms with Crippen molar-refractivity contribution in [2.45, 2.75) is 12.8 Å². The SMILES string of the molecule is O=C(CBr)OCCCCO. The van der Waals surface area contributed by atoms with E-state index in [4.69, 9.17) is 9.84 Å². The smallest absolute Gasteiger partial charge is 0.316 e. The lowest BCUT2D eigenvalue weighted by molar-refractivity contribution is -0.140. The fraction of sp³-hybridized carbons (Fsp3) is 0.833. The summed E-state index contributed by atoms with van der Waals surface area (Å²) in [6.45, 7) is 0.566. The fourth-order valence-electron chi connectivity index (χ4n) is 0.438. The van der Waals surface area contributed by atoms with Crippen LogP contribution in [-0.2, 0) is 9.53 Å². The van der Waals surface area contributed by atoms with E-state index in [1.165, 1.54) is 0 Å². The Hall–Kier alpha value is -0.0900. The number of unbranched alkanes of at least 4 members (excludes halogenated alkanes) is 1. The van der Waals surface area contributed by atoms with Gasteiger partial charge in [0.25, 0.3) is 0 Å². The van der Waals surface area contributed by atoms with Crippen LogP contribution in [0.3, 0.4) is 0 Å². The van der Waals surface area contributed by atoms with Gasteiger partial charge in [-0.15, -0.1) is 0 Å². The van der Waals surface area contributed by atoms with Crippen molar-refractivity contribution in [3.8, 4) is 0 Å². The number of hydrogen-bond acceptors (Lipinski definition) is 3. The van der Waals surface area contributed by atoms with Gasteiger partial charge < -0.3 is 9.84 Å². The predicted molar refractivity (Wildman–Crippen MR) is 41.1 cm³/mol. The van der Waals surface area contributed by atoms with Gasteiger partial charge in [0.1, 0.15) is 5.33 Å². The van der Waals surface area contributed by atoms with E-state index in [-0.39, 0.29) is 17.9 Å². The average Bonchev–Trinajstić information content (AvgIpc) is 1.98. The van der Waals surface area contributed by atoms with E-state index in [0.717, 1.165) is 6.42 Å². The topological polar surface area (TPSA) is 46.5 Å². The van der Waals surface area contributed by atoms with Crippen molar-refractivity contribution >= 4 is 21.9 Å². The first-order valence-corrected chi connectivity index (χ1v) is 4.26. The summed E-state index contributed by atoms with van der Waals surface area (Å²) in [6.07, 6.45) is 1.42. The van der Waals surface area contributed by atoms with Gasteiger partial charge >= 0.3 is 5.97 Å². The highest BCUT2D eigenvalue weighted by Crippen LogP contribution is 1.91. The Morgan fingerprint density at radius 1 is 1.50 bits per heavy atom. The number of aliphatic hydroxyl groups excluding tert-OH is 1. The maximum atomic E-state index is 10.4. The van der Waals surface area contributed by atoms with Gasteiger partial charge in [-0.3, -0.25) is 4.79 Å². The van der Waals surface area contributed by atoms with Gasteiger partial charge in [-0.2, -0.15) is 0 Å². The summed E-state index contributed by atoms with van der Waals surface area (Å²) in [5, 5.41) is 8.58. The van der Waals surface area contributed by atoms with Crippen molar-refractivity contribution in [2.75, 3.05) is 18.5 Å². The van der Waals surface area contributed by atoms with Gasteiger partial charge in [0.05, 0.1) is 6.61 Å². The van der Waals surface area contributed by atoms with Crippen LogP contribution in [0.5, 0.6) is 0 Å². The molecule has 0 spiro atoms. The Morgan fingerprint density at radius 3 is 2.70 bits per heavy atom. The number of aliphatic hydroxyl groups is 1. The van der Waals surface area contributed by atoms with Crippen molar-refractivity contribution in [3.05, 3.63) is 0 Å². The van der Waals surface area contributed by atoms with E-state index in [1.54, 1.807) is 0 Å². The summed E-state index contributed by atoms with van der Waals surface area (Å²) in [6, 6.07) is 0. The predicted octanol–water partition coefficient (Wildman–Crippen LogP) is 0.697. The maximum absolute atomic E-state index is 10.4.